The lowest BCUT2D eigenvalue weighted by Gasteiger charge is -2.15. The van der Waals surface area contributed by atoms with Crippen LogP contribution in [0.25, 0.3) is 0 Å². The minimum atomic E-state index is -0.508. The highest BCUT2D eigenvalue weighted by atomic mass is 16.5. The quantitative estimate of drug-likeness (QED) is 0.659. The molecular formula is C14H23NO3. The Bertz CT molecular complexity index is 331. The lowest BCUT2D eigenvalue weighted by Crippen LogP contribution is -2.31. The van der Waals surface area contributed by atoms with E-state index in [9.17, 15) is 5.11 Å². The molecule has 1 rings (SSSR count). The average molecular weight is 253 g/mol. The summed E-state index contributed by atoms with van der Waals surface area (Å²) < 4.78 is 11.0. The van der Waals surface area contributed by atoms with Gasteiger partial charge in [-0.3, -0.25) is 0 Å². The van der Waals surface area contributed by atoms with Crippen molar-refractivity contribution in [3.05, 3.63) is 24.3 Å². The molecule has 1 aromatic carbocycles. The van der Waals surface area contributed by atoms with Gasteiger partial charge in [0.2, 0.25) is 0 Å². The first-order chi connectivity index (χ1) is 8.77. The molecule has 102 valence electrons. The van der Waals surface area contributed by atoms with Gasteiger partial charge < -0.3 is 19.9 Å². The largest absolute Gasteiger partial charge is 0.490 e. The van der Waals surface area contributed by atoms with Crippen LogP contribution in [-0.4, -0.2) is 37.5 Å². The summed E-state index contributed by atoms with van der Waals surface area (Å²) in [7, 11) is 0. The van der Waals surface area contributed by atoms with Crippen molar-refractivity contribution in [2.24, 2.45) is 0 Å². The van der Waals surface area contributed by atoms with Crippen LogP contribution < -0.4 is 14.8 Å². The molecular weight excluding hydrogens is 230 g/mol. The van der Waals surface area contributed by atoms with Crippen molar-refractivity contribution in [3.63, 3.8) is 0 Å². The van der Waals surface area contributed by atoms with Gasteiger partial charge in [0.05, 0.1) is 6.61 Å². The van der Waals surface area contributed by atoms with E-state index in [0.29, 0.717) is 24.7 Å². The smallest absolute Gasteiger partial charge is 0.161 e. The molecule has 0 aliphatic rings. The molecule has 0 saturated carbocycles. The summed E-state index contributed by atoms with van der Waals surface area (Å²) in [5.74, 6) is 1.39. The molecule has 0 aromatic heterocycles. The number of para-hydroxylation sites is 2. The molecule has 0 aliphatic carbocycles. The van der Waals surface area contributed by atoms with Gasteiger partial charge in [0, 0.05) is 6.54 Å². The third-order valence-corrected chi connectivity index (χ3v) is 2.39. The average Bonchev–Trinajstić information content (AvgIpc) is 2.38. The van der Waals surface area contributed by atoms with Crippen LogP contribution in [0.1, 0.15) is 20.3 Å². The molecule has 4 heteroatoms. The van der Waals surface area contributed by atoms with Crippen molar-refractivity contribution >= 4 is 0 Å². The second kappa shape index (κ2) is 8.78. The standard InChI is InChI=1S/C14H23NO3/c1-3-9-15-10-12(16)11-18-14-8-6-5-7-13(14)17-4-2/h5-8,12,15-16H,3-4,9-11H2,1-2H3/t12-/m1/s1. The predicted molar refractivity (Wildman–Crippen MR) is 72.3 cm³/mol. The predicted octanol–water partition coefficient (Wildman–Crippen LogP) is 1.82. The van der Waals surface area contributed by atoms with E-state index in [0.717, 1.165) is 13.0 Å². The zero-order valence-corrected chi connectivity index (χ0v) is 11.2. The van der Waals surface area contributed by atoms with Gasteiger partial charge in [-0.15, -0.1) is 0 Å². The molecule has 0 saturated heterocycles. The van der Waals surface area contributed by atoms with Gasteiger partial charge >= 0.3 is 0 Å². The maximum absolute atomic E-state index is 9.73. The number of hydrogen-bond acceptors (Lipinski definition) is 4. The van der Waals surface area contributed by atoms with Crippen molar-refractivity contribution in [1.82, 2.24) is 5.32 Å². The van der Waals surface area contributed by atoms with E-state index in [1.165, 1.54) is 0 Å². The fourth-order valence-corrected chi connectivity index (χ4v) is 1.53. The molecule has 0 fully saturated rings. The Balaban J connectivity index is 2.37. The lowest BCUT2D eigenvalue weighted by molar-refractivity contribution is 0.104. The van der Waals surface area contributed by atoms with Crippen LogP contribution in [0.2, 0.25) is 0 Å². The number of aliphatic hydroxyl groups is 1. The first kappa shape index (κ1) is 14.8. The molecule has 1 aromatic rings. The molecule has 0 aliphatic heterocycles. The summed E-state index contributed by atoms with van der Waals surface area (Å²) in [5.41, 5.74) is 0. The molecule has 2 N–H and O–H groups in total. The number of aliphatic hydroxyl groups excluding tert-OH is 1. The van der Waals surface area contributed by atoms with E-state index < -0.39 is 6.10 Å². The highest BCUT2D eigenvalue weighted by Crippen LogP contribution is 2.26. The lowest BCUT2D eigenvalue weighted by atomic mass is 10.3. The first-order valence-corrected chi connectivity index (χ1v) is 6.51. The van der Waals surface area contributed by atoms with Gasteiger partial charge in [0.25, 0.3) is 0 Å². The minimum absolute atomic E-state index is 0.265. The maximum atomic E-state index is 9.73. The van der Waals surface area contributed by atoms with Crippen LogP contribution >= 0.6 is 0 Å². The highest BCUT2D eigenvalue weighted by Gasteiger charge is 2.07. The fraction of sp³-hybridized carbons (Fsp3) is 0.571. The van der Waals surface area contributed by atoms with Gasteiger partial charge in [-0.2, -0.15) is 0 Å². The Morgan fingerprint density at radius 2 is 1.83 bits per heavy atom. The molecule has 0 unspecified atom stereocenters. The van der Waals surface area contributed by atoms with Crippen molar-refractivity contribution < 1.29 is 14.6 Å². The van der Waals surface area contributed by atoms with E-state index >= 15 is 0 Å². The third kappa shape index (κ3) is 5.38. The van der Waals surface area contributed by atoms with Crippen LogP contribution in [0.4, 0.5) is 0 Å². The topological polar surface area (TPSA) is 50.7 Å². The van der Waals surface area contributed by atoms with Crippen LogP contribution in [0.15, 0.2) is 24.3 Å². The molecule has 0 amide bonds. The number of benzene rings is 1. The monoisotopic (exact) mass is 253 g/mol. The Hall–Kier alpha value is -1.26. The zero-order chi connectivity index (χ0) is 13.2. The van der Waals surface area contributed by atoms with Crippen LogP contribution in [0.5, 0.6) is 11.5 Å². The number of rotatable bonds is 9. The number of hydrogen-bond donors (Lipinski definition) is 2. The zero-order valence-electron chi connectivity index (χ0n) is 11.2. The Morgan fingerprint density at radius 3 is 2.44 bits per heavy atom. The Morgan fingerprint density at radius 1 is 1.17 bits per heavy atom. The fourth-order valence-electron chi connectivity index (χ4n) is 1.53. The molecule has 4 nitrogen and oxygen atoms in total. The third-order valence-electron chi connectivity index (χ3n) is 2.39. The highest BCUT2D eigenvalue weighted by molar-refractivity contribution is 5.39. The van der Waals surface area contributed by atoms with Gasteiger partial charge in [-0.25, -0.2) is 0 Å². The van der Waals surface area contributed by atoms with Gasteiger partial charge in [-0.05, 0) is 32.0 Å². The molecule has 0 bridgehead atoms. The molecule has 0 spiro atoms. The van der Waals surface area contributed by atoms with Crippen molar-refractivity contribution in [3.8, 4) is 11.5 Å². The molecule has 0 radical (unpaired) electrons. The van der Waals surface area contributed by atoms with Crippen LogP contribution in [-0.2, 0) is 0 Å². The second-order valence-electron chi connectivity index (χ2n) is 4.05. The number of nitrogens with one attached hydrogen (secondary N) is 1. The molecule has 0 heterocycles. The summed E-state index contributed by atoms with van der Waals surface area (Å²) in [4.78, 5) is 0. The van der Waals surface area contributed by atoms with E-state index in [4.69, 9.17) is 9.47 Å². The summed E-state index contributed by atoms with van der Waals surface area (Å²) in [5, 5.41) is 12.9. The van der Waals surface area contributed by atoms with Gasteiger partial charge in [0.1, 0.15) is 12.7 Å². The van der Waals surface area contributed by atoms with E-state index in [1.807, 2.05) is 31.2 Å². The van der Waals surface area contributed by atoms with Crippen molar-refractivity contribution in [1.29, 1.82) is 0 Å². The van der Waals surface area contributed by atoms with E-state index in [1.54, 1.807) is 0 Å². The van der Waals surface area contributed by atoms with Crippen LogP contribution in [0.3, 0.4) is 0 Å². The second-order valence-corrected chi connectivity index (χ2v) is 4.05. The molecule has 1 atom stereocenters. The Labute approximate surface area is 109 Å². The summed E-state index contributed by atoms with van der Waals surface area (Å²) in [6.45, 7) is 6.34. The van der Waals surface area contributed by atoms with Crippen molar-refractivity contribution in [2.75, 3.05) is 26.3 Å². The van der Waals surface area contributed by atoms with Crippen molar-refractivity contribution in [2.45, 2.75) is 26.4 Å². The molecule has 18 heavy (non-hydrogen) atoms. The summed E-state index contributed by atoms with van der Waals surface area (Å²) >= 11 is 0. The van der Waals surface area contributed by atoms with E-state index in [2.05, 4.69) is 12.2 Å². The first-order valence-electron chi connectivity index (χ1n) is 6.51. The Kier molecular flexibility index (Phi) is 7.22. The normalized spacial score (nSPS) is 12.2. The van der Waals surface area contributed by atoms with Gasteiger partial charge in [-0.1, -0.05) is 19.1 Å². The summed E-state index contributed by atoms with van der Waals surface area (Å²) in [6.07, 6.45) is 0.548. The minimum Gasteiger partial charge on any atom is -0.490 e. The maximum Gasteiger partial charge on any atom is 0.161 e. The SMILES string of the molecule is CCCNC[C@@H](O)COc1ccccc1OCC. The van der Waals surface area contributed by atoms with E-state index in [-0.39, 0.29) is 6.61 Å². The number of ether oxygens (including phenoxy) is 2. The van der Waals surface area contributed by atoms with Gasteiger partial charge in [0.15, 0.2) is 11.5 Å². The summed E-state index contributed by atoms with van der Waals surface area (Å²) in [6, 6.07) is 7.49. The van der Waals surface area contributed by atoms with Crippen LogP contribution in [0, 0.1) is 0 Å².